The van der Waals surface area contributed by atoms with Gasteiger partial charge in [-0.05, 0) is 84.0 Å². The molecule has 0 bridgehead atoms. The Bertz CT molecular complexity index is 2380. The van der Waals surface area contributed by atoms with Gasteiger partial charge in [0, 0.05) is 55.8 Å². The van der Waals surface area contributed by atoms with Crippen LogP contribution in [0.3, 0.4) is 0 Å². The number of rotatable bonds is 20. The van der Waals surface area contributed by atoms with Crippen LogP contribution < -0.4 is 5.32 Å². The quantitative estimate of drug-likeness (QED) is 0.0601. The number of thiophene rings is 1. The van der Waals surface area contributed by atoms with Crippen LogP contribution in [-0.2, 0) is 51.6 Å². The molecule has 0 unspecified atom stereocenters. The summed E-state index contributed by atoms with van der Waals surface area (Å²) in [5, 5.41) is 8.18. The SMILES string of the molecule is CCC(CC)N(CCN(C)C(=O)CCC(=O)OCc1ccccc1)Cc1cccc(C(=O)Nc2sc3c(c2C(=O)c2cnn(Cc4ccc(C(=O)OC)cc4)c2)CCC(C)(C)C3)c1. The minimum absolute atomic E-state index is 0.0186. The highest BCUT2D eigenvalue weighted by Gasteiger charge is 2.34. The Morgan fingerprint density at radius 2 is 1.60 bits per heavy atom. The topological polar surface area (TPSA) is 140 Å². The molecule has 2 heterocycles. The van der Waals surface area contributed by atoms with Gasteiger partial charge in [0.05, 0.1) is 43.0 Å². The van der Waals surface area contributed by atoms with Crippen LogP contribution in [0.15, 0.2) is 91.3 Å². The molecule has 2 aromatic heterocycles. The molecule has 0 atom stereocenters. The maximum atomic E-state index is 14.4. The van der Waals surface area contributed by atoms with Crippen molar-refractivity contribution in [1.29, 1.82) is 0 Å². The van der Waals surface area contributed by atoms with E-state index >= 15 is 0 Å². The third kappa shape index (κ3) is 12.4. The molecule has 1 N–H and O–H groups in total. The summed E-state index contributed by atoms with van der Waals surface area (Å²) in [7, 11) is 3.11. The average Bonchev–Trinajstić information content (AvgIpc) is 3.90. The van der Waals surface area contributed by atoms with E-state index < -0.39 is 11.9 Å². The van der Waals surface area contributed by atoms with E-state index in [1.165, 1.54) is 18.4 Å². The number of nitrogens with zero attached hydrogens (tertiary/aromatic N) is 4. The molecule has 13 heteroatoms. The zero-order valence-corrected chi connectivity index (χ0v) is 38.1. The lowest BCUT2D eigenvalue weighted by Gasteiger charge is -2.32. The Kier molecular flexibility index (Phi) is 15.9. The first-order valence-electron chi connectivity index (χ1n) is 21.7. The van der Waals surface area contributed by atoms with Crippen molar-refractivity contribution in [3.63, 3.8) is 0 Å². The lowest BCUT2D eigenvalue weighted by atomic mass is 9.76. The number of carbonyl (C=O) groups is 5. The van der Waals surface area contributed by atoms with Crippen LogP contribution in [0.4, 0.5) is 5.00 Å². The molecular formula is C50H59N5O7S. The number of aromatic nitrogens is 2. The molecule has 2 amide bonds. The summed E-state index contributed by atoms with van der Waals surface area (Å²) in [5.41, 5.74) is 5.73. The number of fused-ring (bicyclic) bond motifs is 1. The van der Waals surface area contributed by atoms with Crippen LogP contribution in [0.2, 0.25) is 0 Å². The second-order valence-corrected chi connectivity index (χ2v) is 18.2. The molecule has 0 radical (unpaired) electrons. The lowest BCUT2D eigenvalue weighted by molar-refractivity contribution is -0.147. The van der Waals surface area contributed by atoms with Crippen molar-refractivity contribution in [3.05, 3.63) is 141 Å². The van der Waals surface area contributed by atoms with Crippen LogP contribution in [0.5, 0.6) is 0 Å². The Morgan fingerprint density at radius 3 is 2.32 bits per heavy atom. The van der Waals surface area contributed by atoms with Crippen LogP contribution in [0.25, 0.3) is 0 Å². The number of nitrogens with one attached hydrogen (secondary N) is 1. The molecule has 12 nitrogen and oxygen atoms in total. The van der Waals surface area contributed by atoms with E-state index in [2.05, 4.69) is 43.0 Å². The summed E-state index contributed by atoms with van der Waals surface area (Å²) in [6.07, 6.45) is 7.70. The van der Waals surface area contributed by atoms with Gasteiger partial charge in [0.2, 0.25) is 5.91 Å². The van der Waals surface area contributed by atoms with Gasteiger partial charge in [-0.1, -0.05) is 82.3 Å². The first-order valence-corrected chi connectivity index (χ1v) is 22.6. The first kappa shape index (κ1) is 46.6. The highest BCUT2D eigenvalue weighted by atomic mass is 32.1. The number of hydrogen-bond acceptors (Lipinski definition) is 10. The van der Waals surface area contributed by atoms with Crippen LogP contribution >= 0.6 is 11.3 Å². The Morgan fingerprint density at radius 1 is 0.873 bits per heavy atom. The maximum Gasteiger partial charge on any atom is 0.337 e. The fourth-order valence-electron chi connectivity index (χ4n) is 8.03. The van der Waals surface area contributed by atoms with Gasteiger partial charge in [0.25, 0.3) is 5.91 Å². The van der Waals surface area contributed by atoms with Gasteiger partial charge in [0.15, 0.2) is 5.78 Å². The van der Waals surface area contributed by atoms with E-state index in [0.29, 0.717) is 53.4 Å². The number of benzene rings is 3. The Hall–Kier alpha value is -5.92. The van der Waals surface area contributed by atoms with Crippen molar-refractivity contribution >= 4 is 45.9 Å². The van der Waals surface area contributed by atoms with E-state index in [1.54, 1.807) is 47.2 Å². The summed E-state index contributed by atoms with van der Waals surface area (Å²) in [5.74, 6) is -1.41. The van der Waals surface area contributed by atoms with Crippen molar-refractivity contribution in [2.24, 2.45) is 5.41 Å². The van der Waals surface area contributed by atoms with Crippen molar-refractivity contribution < 1.29 is 33.4 Å². The summed E-state index contributed by atoms with van der Waals surface area (Å²) in [6, 6.07) is 24.4. The molecule has 332 valence electrons. The average molecular weight is 874 g/mol. The van der Waals surface area contributed by atoms with Crippen LogP contribution in [0.1, 0.15) is 124 Å². The van der Waals surface area contributed by atoms with Gasteiger partial charge in [-0.15, -0.1) is 11.3 Å². The summed E-state index contributed by atoms with van der Waals surface area (Å²) >= 11 is 1.48. The number of ether oxygens (including phenoxy) is 2. The van der Waals surface area contributed by atoms with Gasteiger partial charge in [0.1, 0.15) is 11.6 Å². The number of amides is 2. The molecule has 3 aromatic carbocycles. The number of methoxy groups -OCH3 is 1. The van der Waals surface area contributed by atoms with Crippen molar-refractivity contribution in [3.8, 4) is 0 Å². The summed E-state index contributed by atoms with van der Waals surface area (Å²) in [4.78, 5) is 70.9. The van der Waals surface area contributed by atoms with Crippen molar-refractivity contribution in [1.82, 2.24) is 19.6 Å². The summed E-state index contributed by atoms with van der Waals surface area (Å²) in [6.45, 7) is 11.0. The number of hydrogen-bond donors (Lipinski definition) is 1. The van der Waals surface area contributed by atoms with Gasteiger partial charge in [-0.3, -0.25) is 28.8 Å². The number of esters is 2. The molecule has 0 fully saturated rings. The van der Waals surface area contributed by atoms with Gasteiger partial charge < -0.3 is 19.7 Å². The molecule has 0 spiro atoms. The van der Waals surface area contributed by atoms with Gasteiger partial charge >= 0.3 is 11.9 Å². The molecule has 0 saturated heterocycles. The smallest absolute Gasteiger partial charge is 0.337 e. The zero-order chi connectivity index (χ0) is 45.1. The molecular weight excluding hydrogens is 815 g/mol. The van der Waals surface area contributed by atoms with Crippen molar-refractivity contribution in [2.45, 2.75) is 98.4 Å². The minimum Gasteiger partial charge on any atom is -0.465 e. The minimum atomic E-state index is -0.407. The number of carbonyl (C=O) groups excluding carboxylic acids is 5. The molecule has 1 aliphatic carbocycles. The fourth-order valence-corrected chi connectivity index (χ4v) is 9.52. The highest BCUT2D eigenvalue weighted by Crippen LogP contribution is 2.44. The zero-order valence-electron chi connectivity index (χ0n) is 37.3. The normalized spacial score (nSPS) is 13.1. The molecule has 5 aromatic rings. The third-order valence-corrected chi connectivity index (χ3v) is 13.0. The predicted molar refractivity (Wildman–Crippen MR) is 245 cm³/mol. The largest absolute Gasteiger partial charge is 0.465 e. The van der Waals surface area contributed by atoms with E-state index in [-0.39, 0.29) is 48.5 Å². The summed E-state index contributed by atoms with van der Waals surface area (Å²) < 4.78 is 11.9. The van der Waals surface area contributed by atoms with Crippen molar-refractivity contribution in [2.75, 3.05) is 32.6 Å². The third-order valence-electron chi connectivity index (χ3n) is 11.8. The van der Waals surface area contributed by atoms with Crippen LogP contribution in [-0.4, -0.2) is 82.4 Å². The second kappa shape index (κ2) is 21.4. The van der Waals surface area contributed by atoms with Crippen LogP contribution in [0, 0.1) is 5.41 Å². The lowest BCUT2D eigenvalue weighted by Crippen LogP contribution is -2.41. The standard InChI is InChI=1S/C50H59N5O7S/c1-7-40(8-2)54(26-25-53(5)43(56)21-22-44(57)62-33-35-13-10-9-11-14-35)30-36-15-12-16-38(27-36)47(59)52-48-45(41-23-24-50(3,4)28-42(41)63-48)46(58)39-29-51-55(32-39)31-34-17-19-37(20-18-34)49(60)61-6/h9-20,27,29,32,40H,7-8,21-26,28,30-31,33H2,1-6H3,(H,52,59). The predicted octanol–water partition coefficient (Wildman–Crippen LogP) is 8.75. The molecule has 6 rings (SSSR count). The van der Waals surface area contributed by atoms with E-state index in [0.717, 1.165) is 59.2 Å². The Balaban J connectivity index is 1.12. The number of likely N-dealkylation sites (N-methyl/N-ethyl adjacent to an activating group) is 1. The van der Waals surface area contributed by atoms with E-state index in [1.807, 2.05) is 60.7 Å². The molecule has 63 heavy (non-hydrogen) atoms. The fraction of sp³-hybridized carbons (Fsp3) is 0.400. The number of ketones is 1. The Labute approximate surface area is 374 Å². The maximum absolute atomic E-state index is 14.4. The molecule has 0 aliphatic heterocycles. The first-order chi connectivity index (χ1) is 30.3. The highest BCUT2D eigenvalue weighted by molar-refractivity contribution is 7.17. The van der Waals surface area contributed by atoms with E-state index in [9.17, 15) is 24.0 Å². The second-order valence-electron chi connectivity index (χ2n) is 17.0. The molecule has 1 aliphatic rings. The van der Waals surface area contributed by atoms with E-state index in [4.69, 9.17) is 9.47 Å². The van der Waals surface area contributed by atoms with Gasteiger partial charge in [-0.25, -0.2) is 4.79 Å². The van der Waals surface area contributed by atoms with Gasteiger partial charge in [-0.2, -0.15) is 5.10 Å². The molecule has 0 saturated carbocycles. The monoisotopic (exact) mass is 873 g/mol. The number of anilines is 1.